The van der Waals surface area contributed by atoms with Crippen LogP contribution in [0, 0.1) is 0 Å². The van der Waals surface area contributed by atoms with Gasteiger partial charge in [0.1, 0.15) is 0 Å². The van der Waals surface area contributed by atoms with Crippen LogP contribution in [0.25, 0.3) is 6.08 Å². The third kappa shape index (κ3) is 4.16. The van der Waals surface area contributed by atoms with Gasteiger partial charge in [0.05, 0.1) is 0 Å². The lowest BCUT2D eigenvalue weighted by molar-refractivity contribution is -0.111. The van der Waals surface area contributed by atoms with E-state index in [1.807, 2.05) is 12.1 Å². The number of carbonyl (C=O) groups excluding carboxylic acids is 1. The van der Waals surface area contributed by atoms with Gasteiger partial charge in [0.25, 0.3) is 0 Å². The van der Waals surface area contributed by atoms with Crippen molar-refractivity contribution in [2.24, 2.45) is 0 Å². The summed E-state index contributed by atoms with van der Waals surface area (Å²) >= 11 is 5.78. The van der Waals surface area contributed by atoms with Crippen LogP contribution < -0.4 is 11.1 Å². The van der Waals surface area contributed by atoms with E-state index in [4.69, 9.17) is 17.3 Å². The molecule has 19 heavy (non-hydrogen) atoms. The molecule has 0 saturated heterocycles. The summed E-state index contributed by atoms with van der Waals surface area (Å²) in [7, 11) is 0. The number of rotatable bonds is 3. The Kier molecular flexibility index (Phi) is 4.21. The molecule has 3 N–H and O–H groups in total. The molecule has 0 aliphatic rings. The standard InChI is InChI=1S/C15H13ClN2O/c16-12-4-1-11(2-5-12)3-10-15(19)18-14-8-6-13(17)7-9-14/h1-10H,17H2,(H,18,19)/b10-3+. The van der Waals surface area contributed by atoms with Crippen LogP contribution in [0.5, 0.6) is 0 Å². The van der Waals surface area contributed by atoms with Crippen LogP contribution in [0.4, 0.5) is 11.4 Å². The summed E-state index contributed by atoms with van der Waals surface area (Å²) in [5.74, 6) is -0.195. The van der Waals surface area contributed by atoms with Crippen LogP contribution in [0.1, 0.15) is 5.56 Å². The number of anilines is 2. The zero-order chi connectivity index (χ0) is 13.7. The molecule has 0 saturated carbocycles. The van der Waals surface area contributed by atoms with Gasteiger partial charge in [0, 0.05) is 22.5 Å². The van der Waals surface area contributed by atoms with Crippen molar-refractivity contribution in [2.75, 3.05) is 11.1 Å². The van der Waals surface area contributed by atoms with Crippen molar-refractivity contribution in [2.45, 2.75) is 0 Å². The molecular weight excluding hydrogens is 260 g/mol. The number of amides is 1. The third-order valence-electron chi connectivity index (χ3n) is 2.48. The lowest BCUT2D eigenvalue weighted by Crippen LogP contribution is -2.07. The summed E-state index contributed by atoms with van der Waals surface area (Å²) in [5.41, 5.74) is 7.85. The SMILES string of the molecule is Nc1ccc(NC(=O)/C=C/c2ccc(Cl)cc2)cc1. The number of nitrogen functional groups attached to an aromatic ring is 1. The summed E-state index contributed by atoms with van der Waals surface area (Å²) in [4.78, 5) is 11.7. The van der Waals surface area contributed by atoms with E-state index >= 15 is 0 Å². The Balaban J connectivity index is 1.97. The third-order valence-corrected chi connectivity index (χ3v) is 2.73. The van der Waals surface area contributed by atoms with Gasteiger partial charge in [-0.3, -0.25) is 4.79 Å². The van der Waals surface area contributed by atoms with Crippen LogP contribution in [0.3, 0.4) is 0 Å². The first kappa shape index (κ1) is 13.2. The fourth-order valence-electron chi connectivity index (χ4n) is 1.50. The van der Waals surface area contributed by atoms with E-state index in [0.717, 1.165) is 5.56 Å². The minimum absolute atomic E-state index is 0.195. The normalized spacial score (nSPS) is 10.6. The summed E-state index contributed by atoms with van der Waals surface area (Å²) < 4.78 is 0. The number of benzene rings is 2. The first-order valence-corrected chi connectivity index (χ1v) is 6.11. The highest BCUT2D eigenvalue weighted by atomic mass is 35.5. The molecule has 3 nitrogen and oxygen atoms in total. The Bertz CT molecular complexity index is 589. The molecule has 1 amide bonds. The lowest BCUT2D eigenvalue weighted by Gasteiger charge is -2.02. The molecule has 0 aliphatic heterocycles. The highest BCUT2D eigenvalue weighted by molar-refractivity contribution is 6.30. The predicted molar refractivity (Wildman–Crippen MR) is 80.0 cm³/mol. The number of carbonyl (C=O) groups is 1. The predicted octanol–water partition coefficient (Wildman–Crippen LogP) is 3.57. The van der Waals surface area contributed by atoms with E-state index in [0.29, 0.717) is 16.4 Å². The largest absolute Gasteiger partial charge is 0.399 e. The minimum Gasteiger partial charge on any atom is -0.399 e. The van der Waals surface area contributed by atoms with Gasteiger partial charge in [0.15, 0.2) is 0 Å². The van der Waals surface area contributed by atoms with Crippen LogP contribution >= 0.6 is 11.6 Å². The molecule has 4 heteroatoms. The molecule has 0 radical (unpaired) electrons. The fraction of sp³-hybridized carbons (Fsp3) is 0. The molecule has 2 aromatic rings. The molecule has 0 aromatic heterocycles. The molecule has 0 bridgehead atoms. The van der Waals surface area contributed by atoms with Gasteiger partial charge >= 0.3 is 0 Å². The Morgan fingerprint density at radius 2 is 1.68 bits per heavy atom. The summed E-state index contributed by atoms with van der Waals surface area (Å²) in [5, 5.41) is 3.41. The maximum Gasteiger partial charge on any atom is 0.248 e. The monoisotopic (exact) mass is 272 g/mol. The molecule has 0 unspecified atom stereocenters. The Labute approximate surface area is 116 Å². The van der Waals surface area contributed by atoms with Crippen LogP contribution in [-0.4, -0.2) is 5.91 Å². The summed E-state index contributed by atoms with van der Waals surface area (Å²) in [6.45, 7) is 0. The molecule has 2 rings (SSSR count). The smallest absolute Gasteiger partial charge is 0.248 e. The van der Waals surface area contributed by atoms with Crippen molar-refractivity contribution in [1.82, 2.24) is 0 Å². The average molecular weight is 273 g/mol. The van der Waals surface area contributed by atoms with E-state index < -0.39 is 0 Å². The fourth-order valence-corrected chi connectivity index (χ4v) is 1.62. The highest BCUT2D eigenvalue weighted by Crippen LogP contribution is 2.12. The van der Waals surface area contributed by atoms with Crippen molar-refractivity contribution < 1.29 is 4.79 Å². The van der Waals surface area contributed by atoms with Crippen LogP contribution in [-0.2, 0) is 4.79 Å². The Morgan fingerprint density at radius 3 is 2.32 bits per heavy atom. The molecule has 96 valence electrons. The number of nitrogens with one attached hydrogen (secondary N) is 1. The van der Waals surface area contributed by atoms with Gasteiger partial charge in [0.2, 0.25) is 5.91 Å². The van der Waals surface area contributed by atoms with E-state index in [-0.39, 0.29) is 5.91 Å². The molecule has 0 aliphatic carbocycles. The maximum absolute atomic E-state index is 11.7. The average Bonchev–Trinajstić information content (AvgIpc) is 2.41. The van der Waals surface area contributed by atoms with Crippen molar-refractivity contribution in [3.05, 3.63) is 65.2 Å². The second kappa shape index (κ2) is 6.07. The van der Waals surface area contributed by atoms with Crippen LogP contribution in [0.2, 0.25) is 5.02 Å². The highest BCUT2D eigenvalue weighted by Gasteiger charge is 1.97. The van der Waals surface area contributed by atoms with E-state index in [1.165, 1.54) is 6.08 Å². The molecule has 2 aromatic carbocycles. The van der Waals surface area contributed by atoms with Crippen molar-refractivity contribution in [3.8, 4) is 0 Å². The number of hydrogen-bond donors (Lipinski definition) is 2. The van der Waals surface area contributed by atoms with Gasteiger partial charge in [-0.2, -0.15) is 0 Å². The lowest BCUT2D eigenvalue weighted by atomic mass is 10.2. The Hall–Kier alpha value is -2.26. The van der Waals surface area contributed by atoms with Crippen molar-refractivity contribution in [3.63, 3.8) is 0 Å². The van der Waals surface area contributed by atoms with Gasteiger partial charge in [-0.25, -0.2) is 0 Å². The molecule has 0 spiro atoms. The van der Waals surface area contributed by atoms with Gasteiger partial charge in [-0.15, -0.1) is 0 Å². The van der Waals surface area contributed by atoms with Crippen molar-refractivity contribution in [1.29, 1.82) is 0 Å². The topological polar surface area (TPSA) is 55.1 Å². The number of nitrogens with two attached hydrogens (primary N) is 1. The van der Waals surface area contributed by atoms with Gasteiger partial charge < -0.3 is 11.1 Å². The zero-order valence-electron chi connectivity index (χ0n) is 10.1. The van der Waals surface area contributed by atoms with E-state index in [1.54, 1.807) is 42.5 Å². The second-order valence-electron chi connectivity index (χ2n) is 4.00. The summed E-state index contributed by atoms with van der Waals surface area (Å²) in [6.07, 6.45) is 3.20. The van der Waals surface area contributed by atoms with Crippen LogP contribution in [0.15, 0.2) is 54.6 Å². The molecule has 0 fully saturated rings. The minimum atomic E-state index is -0.195. The number of halogens is 1. The van der Waals surface area contributed by atoms with Crippen molar-refractivity contribution >= 4 is 35.0 Å². The summed E-state index contributed by atoms with van der Waals surface area (Å²) in [6, 6.07) is 14.2. The van der Waals surface area contributed by atoms with E-state index in [2.05, 4.69) is 5.32 Å². The van der Waals surface area contributed by atoms with E-state index in [9.17, 15) is 4.79 Å². The maximum atomic E-state index is 11.7. The first-order chi connectivity index (χ1) is 9.13. The quantitative estimate of drug-likeness (QED) is 0.663. The molecule has 0 atom stereocenters. The van der Waals surface area contributed by atoms with Gasteiger partial charge in [-0.1, -0.05) is 23.7 Å². The molecular formula is C15H13ClN2O. The van der Waals surface area contributed by atoms with Gasteiger partial charge in [-0.05, 0) is 48.0 Å². The zero-order valence-corrected chi connectivity index (χ0v) is 10.9. The first-order valence-electron chi connectivity index (χ1n) is 5.74. The Morgan fingerprint density at radius 1 is 1.05 bits per heavy atom. The second-order valence-corrected chi connectivity index (χ2v) is 4.43. The molecule has 0 heterocycles. The number of hydrogen-bond acceptors (Lipinski definition) is 2.